The van der Waals surface area contributed by atoms with Gasteiger partial charge in [0, 0.05) is 71.3 Å². The van der Waals surface area contributed by atoms with Gasteiger partial charge in [-0.25, -0.2) is 15.0 Å². The number of aliphatic imine (C=N–C) groups is 1. The summed E-state index contributed by atoms with van der Waals surface area (Å²) >= 11 is 1.49. The lowest BCUT2D eigenvalue weighted by atomic mass is 10.3. The molecule has 0 radical (unpaired) electrons. The van der Waals surface area contributed by atoms with Gasteiger partial charge in [0.2, 0.25) is 5.13 Å². The van der Waals surface area contributed by atoms with Crippen LogP contribution >= 0.6 is 11.5 Å². The molecule has 160 valence electrons. The summed E-state index contributed by atoms with van der Waals surface area (Å²) in [6, 6.07) is 0. The van der Waals surface area contributed by atoms with Gasteiger partial charge in [0.25, 0.3) is 0 Å². The van der Waals surface area contributed by atoms with Crippen molar-refractivity contribution in [3.8, 4) is 0 Å². The Bertz CT molecular complexity index is 1000. The van der Waals surface area contributed by atoms with E-state index in [1.165, 1.54) is 11.5 Å². The lowest BCUT2D eigenvalue weighted by Crippen LogP contribution is -2.53. The molecule has 0 unspecified atom stereocenters. The molecular formula is C18H27N11S. The Balaban J connectivity index is 1.25. The summed E-state index contributed by atoms with van der Waals surface area (Å²) < 4.78 is 6.14. The third-order valence-corrected chi connectivity index (χ3v) is 5.88. The Morgan fingerprint density at radius 3 is 2.77 bits per heavy atom. The highest BCUT2D eigenvalue weighted by molar-refractivity contribution is 7.09. The molecule has 1 saturated heterocycles. The molecule has 0 saturated carbocycles. The van der Waals surface area contributed by atoms with Crippen LogP contribution < -0.4 is 15.5 Å². The van der Waals surface area contributed by atoms with Crippen LogP contribution in [0.2, 0.25) is 0 Å². The van der Waals surface area contributed by atoms with Crippen molar-refractivity contribution in [3.05, 3.63) is 18.3 Å². The molecule has 12 heteroatoms. The maximum atomic E-state index is 4.60. The molecule has 0 aromatic carbocycles. The summed E-state index contributed by atoms with van der Waals surface area (Å²) in [7, 11) is 3.70. The van der Waals surface area contributed by atoms with Crippen molar-refractivity contribution in [1.82, 2.24) is 39.3 Å². The van der Waals surface area contributed by atoms with Crippen LogP contribution in [0.5, 0.6) is 0 Å². The lowest BCUT2D eigenvalue weighted by molar-refractivity contribution is 0.373. The molecular weight excluding hydrogens is 402 g/mol. The van der Waals surface area contributed by atoms with Gasteiger partial charge in [-0.05, 0) is 0 Å². The standard InChI is InChI=1S/C18H27N11S/c1-4-14-25-18(30-26-14)29-9-7-28(8-10-29)17(19-2)21-6-5-20-15-13-11-24-27(3)16(13)23-12-22-15/h11-12H,4-10H2,1-3H3,(H,19,21)(H,20,22,23). The summed E-state index contributed by atoms with van der Waals surface area (Å²) in [6.45, 7) is 7.15. The summed E-state index contributed by atoms with van der Waals surface area (Å²) in [5.41, 5.74) is 0.815. The number of piperazine rings is 1. The molecule has 1 aliphatic rings. The van der Waals surface area contributed by atoms with Crippen LogP contribution in [0.15, 0.2) is 17.5 Å². The topological polar surface area (TPSA) is 112 Å². The van der Waals surface area contributed by atoms with E-state index in [9.17, 15) is 0 Å². The second-order valence-corrected chi connectivity index (χ2v) is 7.68. The minimum atomic E-state index is 0.713. The van der Waals surface area contributed by atoms with Gasteiger partial charge in [0.1, 0.15) is 18.0 Å². The van der Waals surface area contributed by atoms with Crippen LogP contribution in [-0.4, -0.2) is 86.3 Å². The molecule has 3 aromatic heterocycles. The SMILES string of the molecule is CCc1nsc(N2CCN(C(=NC)NCCNc3ncnc4c3cnn4C)CC2)n1. The average Bonchev–Trinajstić information content (AvgIpc) is 3.42. The Morgan fingerprint density at radius 1 is 1.20 bits per heavy atom. The van der Waals surface area contributed by atoms with Crippen molar-refractivity contribution < 1.29 is 0 Å². The largest absolute Gasteiger partial charge is 0.368 e. The van der Waals surface area contributed by atoms with Gasteiger partial charge in [0.15, 0.2) is 11.6 Å². The fourth-order valence-electron chi connectivity index (χ4n) is 3.42. The van der Waals surface area contributed by atoms with E-state index in [4.69, 9.17) is 0 Å². The first-order chi connectivity index (χ1) is 14.7. The third kappa shape index (κ3) is 4.27. The van der Waals surface area contributed by atoms with Gasteiger partial charge in [-0.2, -0.15) is 9.47 Å². The minimum absolute atomic E-state index is 0.713. The number of aryl methyl sites for hydroxylation is 2. The number of nitrogens with zero attached hydrogens (tertiary/aromatic N) is 9. The summed E-state index contributed by atoms with van der Waals surface area (Å²) in [5.74, 6) is 2.63. The Hall–Kier alpha value is -3.02. The number of anilines is 2. The molecule has 0 bridgehead atoms. The summed E-state index contributed by atoms with van der Waals surface area (Å²) in [6.07, 6.45) is 4.22. The van der Waals surface area contributed by atoms with E-state index in [-0.39, 0.29) is 0 Å². The third-order valence-electron chi connectivity index (χ3n) is 5.07. The van der Waals surface area contributed by atoms with Crippen LogP contribution in [0, 0.1) is 0 Å². The van der Waals surface area contributed by atoms with Crippen molar-refractivity contribution in [2.75, 3.05) is 56.5 Å². The van der Waals surface area contributed by atoms with Gasteiger partial charge in [-0.3, -0.25) is 9.67 Å². The highest BCUT2D eigenvalue weighted by atomic mass is 32.1. The van der Waals surface area contributed by atoms with Crippen molar-refractivity contribution in [2.45, 2.75) is 13.3 Å². The Labute approximate surface area is 179 Å². The lowest BCUT2D eigenvalue weighted by Gasteiger charge is -2.36. The van der Waals surface area contributed by atoms with E-state index in [1.54, 1.807) is 17.2 Å². The minimum Gasteiger partial charge on any atom is -0.368 e. The number of aromatic nitrogens is 6. The average molecular weight is 430 g/mol. The van der Waals surface area contributed by atoms with E-state index in [2.05, 4.69) is 56.8 Å². The fourth-order valence-corrected chi connectivity index (χ4v) is 4.22. The smallest absolute Gasteiger partial charge is 0.205 e. The summed E-state index contributed by atoms with van der Waals surface area (Å²) in [5, 5.41) is 13.0. The Morgan fingerprint density at radius 2 is 2.03 bits per heavy atom. The van der Waals surface area contributed by atoms with E-state index in [0.29, 0.717) is 6.54 Å². The zero-order valence-electron chi connectivity index (χ0n) is 17.5. The van der Waals surface area contributed by atoms with Crippen molar-refractivity contribution in [2.24, 2.45) is 12.0 Å². The van der Waals surface area contributed by atoms with Crippen molar-refractivity contribution in [1.29, 1.82) is 0 Å². The van der Waals surface area contributed by atoms with Crippen LogP contribution in [0.25, 0.3) is 11.0 Å². The van der Waals surface area contributed by atoms with E-state index >= 15 is 0 Å². The van der Waals surface area contributed by atoms with Gasteiger partial charge in [-0.15, -0.1) is 0 Å². The molecule has 0 spiro atoms. The first kappa shape index (κ1) is 20.3. The second kappa shape index (κ2) is 9.20. The number of fused-ring (bicyclic) bond motifs is 1. The molecule has 11 nitrogen and oxygen atoms in total. The number of rotatable bonds is 6. The number of hydrogen-bond acceptors (Lipinski definition) is 9. The second-order valence-electron chi connectivity index (χ2n) is 6.95. The first-order valence-corrected chi connectivity index (χ1v) is 10.9. The van der Waals surface area contributed by atoms with Crippen molar-refractivity contribution >= 4 is 39.5 Å². The highest BCUT2D eigenvalue weighted by Gasteiger charge is 2.21. The molecule has 1 fully saturated rings. The maximum Gasteiger partial charge on any atom is 0.205 e. The fraction of sp³-hybridized carbons (Fsp3) is 0.556. The molecule has 0 aliphatic carbocycles. The van der Waals surface area contributed by atoms with Gasteiger partial charge >= 0.3 is 0 Å². The zero-order valence-corrected chi connectivity index (χ0v) is 18.4. The molecule has 2 N–H and O–H groups in total. The zero-order chi connectivity index (χ0) is 20.9. The van der Waals surface area contributed by atoms with Crippen LogP contribution in [-0.2, 0) is 13.5 Å². The van der Waals surface area contributed by atoms with Crippen LogP contribution in [0.1, 0.15) is 12.7 Å². The van der Waals surface area contributed by atoms with Crippen LogP contribution in [0.3, 0.4) is 0 Å². The number of hydrogen-bond donors (Lipinski definition) is 2. The normalized spacial score (nSPS) is 15.1. The predicted octanol–water partition coefficient (Wildman–Crippen LogP) is 0.587. The predicted molar refractivity (Wildman–Crippen MR) is 119 cm³/mol. The molecule has 0 amide bonds. The molecule has 4 heterocycles. The molecule has 30 heavy (non-hydrogen) atoms. The van der Waals surface area contributed by atoms with Gasteiger partial charge in [-0.1, -0.05) is 6.92 Å². The molecule has 0 atom stereocenters. The van der Waals surface area contributed by atoms with Crippen LogP contribution in [0.4, 0.5) is 10.9 Å². The first-order valence-electron chi connectivity index (χ1n) is 10.1. The maximum absolute atomic E-state index is 4.60. The number of guanidine groups is 1. The quantitative estimate of drug-likeness (QED) is 0.330. The van der Waals surface area contributed by atoms with E-state index in [1.807, 2.05) is 14.1 Å². The van der Waals surface area contributed by atoms with Gasteiger partial charge < -0.3 is 20.4 Å². The number of nitrogens with one attached hydrogen (secondary N) is 2. The monoisotopic (exact) mass is 429 g/mol. The summed E-state index contributed by atoms with van der Waals surface area (Å²) in [4.78, 5) is 22.2. The molecule has 4 rings (SSSR count). The molecule has 1 aliphatic heterocycles. The van der Waals surface area contributed by atoms with E-state index < -0.39 is 0 Å². The Kier molecular flexibility index (Phi) is 6.21. The highest BCUT2D eigenvalue weighted by Crippen LogP contribution is 2.19. The molecule has 3 aromatic rings. The van der Waals surface area contributed by atoms with E-state index in [0.717, 1.165) is 72.9 Å². The van der Waals surface area contributed by atoms with Gasteiger partial charge in [0.05, 0.1) is 11.6 Å². The van der Waals surface area contributed by atoms with Crippen molar-refractivity contribution in [3.63, 3.8) is 0 Å².